The van der Waals surface area contributed by atoms with Gasteiger partial charge in [-0.25, -0.2) is 0 Å². The fourth-order valence-corrected chi connectivity index (χ4v) is 5.61. The molecule has 0 heterocycles. The number of anilines is 1. The van der Waals surface area contributed by atoms with Crippen molar-refractivity contribution in [3.05, 3.63) is 60.2 Å². The summed E-state index contributed by atoms with van der Waals surface area (Å²) in [4.78, 5) is 13.5. The van der Waals surface area contributed by atoms with E-state index in [0.29, 0.717) is 17.6 Å². The molecule has 5 unspecified atom stereocenters. The second kappa shape index (κ2) is 7.33. The average molecular weight is 369 g/mol. The number of hydrogen-bond donors (Lipinski definition) is 2. The monoisotopic (exact) mass is 368 g/mol. The Kier molecular flexibility index (Phi) is 4.92. The number of nitrogens with one attached hydrogen (secondary N) is 1. The lowest BCUT2D eigenvalue weighted by atomic mass is 9.84. The van der Waals surface area contributed by atoms with Crippen LogP contribution in [0.25, 0.3) is 0 Å². The maximum absolute atomic E-state index is 12.7. The van der Waals surface area contributed by atoms with Crippen LogP contribution in [0.3, 0.4) is 0 Å². The van der Waals surface area contributed by atoms with Crippen LogP contribution in [0.15, 0.2) is 59.5 Å². The molecule has 5 heteroatoms. The third kappa shape index (κ3) is 3.46. The largest absolute Gasteiger partial charge is 0.327 e. The Morgan fingerprint density at radius 2 is 1.85 bits per heavy atom. The number of carbonyl (C=O) groups is 1. The summed E-state index contributed by atoms with van der Waals surface area (Å²) in [6.45, 7) is 0. The molecule has 2 saturated carbocycles. The van der Waals surface area contributed by atoms with Gasteiger partial charge in [0.15, 0.2) is 0 Å². The Balaban J connectivity index is 1.43. The summed E-state index contributed by atoms with van der Waals surface area (Å²) in [5.74, 6) is 1.34. The van der Waals surface area contributed by atoms with Gasteiger partial charge in [-0.1, -0.05) is 30.3 Å². The van der Waals surface area contributed by atoms with E-state index < -0.39 is 10.8 Å². The van der Waals surface area contributed by atoms with Crippen LogP contribution in [0, 0.1) is 17.8 Å². The standard InChI is InChI=1S/C21H24N2O2S/c22-20-16-10-9-15(12-16)19(20)21(24)23-17-6-4-5-14(11-17)13-26(25)18-7-2-1-3-8-18/h1-8,11,15-16,19-20H,9-10,12-13,22H2,(H,23,24). The Morgan fingerprint density at radius 1 is 1.08 bits per heavy atom. The van der Waals surface area contributed by atoms with Crippen molar-refractivity contribution in [2.24, 2.45) is 23.5 Å². The number of benzene rings is 2. The van der Waals surface area contributed by atoms with Gasteiger partial charge in [-0.15, -0.1) is 0 Å². The van der Waals surface area contributed by atoms with Crippen molar-refractivity contribution in [1.29, 1.82) is 0 Å². The molecule has 0 radical (unpaired) electrons. The zero-order valence-corrected chi connectivity index (χ0v) is 15.5. The molecule has 2 aromatic carbocycles. The van der Waals surface area contributed by atoms with Gasteiger partial charge in [0.25, 0.3) is 0 Å². The molecule has 4 nitrogen and oxygen atoms in total. The molecule has 2 aliphatic rings. The normalized spacial score (nSPS) is 28.0. The van der Waals surface area contributed by atoms with E-state index in [0.717, 1.165) is 35.4 Å². The molecule has 2 aliphatic carbocycles. The number of nitrogens with two attached hydrogens (primary N) is 1. The van der Waals surface area contributed by atoms with E-state index in [9.17, 15) is 9.00 Å². The van der Waals surface area contributed by atoms with Gasteiger partial charge in [-0.05, 0) is 60.9 Å². The van der Waals surface area contributed by atoms with Crippen LogP contribution in [0.4, 0.5) is 5.69 Å². The van der Waals surface area contributed by atoms with E-state index in [4.69, 9.17) is 5.73 Å². The molecule has 0 aliphatic heterocycles. The van der Waals surface area contributed by atoms with Gasteiger partial charge < -0.3 is 11.1 Å². The average Bonchev–Trinajstić information content (AvgIpc) is 3.24. The SMILES string of the molecule is NC1C2CCC(C2)C1C(=O)Nc1cccc(CS(=O)c2ccccc2)c1. The second-order valence-electron chi connectivity index (χ2n) is 7.43. The number of carbonyl (C=O) groups excluding carboxylic acids is 1. The molecule has 2 bridgehead atoms. The van der Waals surface area contributed by atoms with Crippen molar-refractivity contribution < 1.29 is 9.00 Å². The Bertz CT molecular complexity index is 822. The molecule has 2 fully saturated rings. The lowest BCUT2D eigenvalue weighted by molar-refractivity contribution is -0.121. The first kappa shape index (κ1) is 17.4. The van der Waals surface area contributed by atoms with Gasteiger partial charge in [0.2, 0.25) is 5.91 Å². The highest BCUT2D eigenvalue weighted by atomic mass is 32.2. The van der Waals surface area contributed by atoms with Crippen molar-refractivity contribution in [3.63, 3.8) is 0 Å². The Labute approximate surface area is 156 Å². The minimum Gasteiger partial charge on any atom is -0.327 e. The lowest BCUT2D eigenvalue weighted by Gasteiger charge is -2.27. The minimum absolute atomic E-state index is 0.0116. The molecule has 0 saturated heterocycles. The third-order valence-electron chi connectivity index (χ3n) is 5.78. The van der Waals surface area contributed by atoms with E-state index in [1.165, 1.54) is 0 Å². The molecule has 26 heavy (non-hydrogen) atoms. The number of amides is 1. The maximum Gasteiger partial charge on any atom is 0.229 e. The number of fused-ring (bicyclic) bond motifs is 2. The molecule has 3 N–H and O–H groups in total. The summed E-state index contributed by atoms with van der Waals surface area (Å²) in [6, 6.07) is 17.1. The van der Waals surface area contributed by atoms with Crippen molar-refractivity contribution in [2.75, 3.05) is 5.32 Å². The van der Waals surface area contributed by atoms with Gasteiger partial charge in [-0.2, -0.15) is 0 Å². The van der Waals surface area contributed by atoms with E-state index in [1.807, 2.05) is 54.6 Å². The summed E-state index contributed by atoms with van der Waals surface area (Å²) < 4.78 is 12.5. The van der Waals surface area contributed by atoms with Crippen LogP contribution in [0.2, 0.25) is 0 Å². The number of hydrogen-bond acceptors (Lipinski definition) is 3. The van der Waals surface area contributed by atoms with Crippen LogP contribution in [0.5, 0.6) is 0 Å². The van der Waals surface area contributed by atoms with E-state index in [2.05, 4.69) is 5.32 Å². The Hall–Kier alpha value is -1.98. The van der Waals surface area contributed by atoms with Crippen LogP contribution < -0.4 is 11.1 Å². The predicted octanol–water partition coefficient (Wildman–Crippen LogP) is 3.31. The van der Waals surface area contributed by atoms with Gasteiger partial charge in [0.05, 0.1) is 22.5 Å². The van der Waals surface area contributed by atoms with Crippen LogP contribution in [-0.2, 0) is 21.3 Å². The van der Waals surface area contributed by atoms with Crippen LogP contribution >= 0.6 is 0 Å². The summed E-state index contributed by atoms with van der Waals surface area (Å²) in [7, 11) is -1.10. The summed E-state index contributed by atoms with van der Waals surface area (Å²) >= 11 is 0. The van der Waals surface area contributed by atoms with Gasteiger partial charge in [-0.3, -0.25) is 9.00 Å². The first-order valence-electron chi connectivity index (χ1n) is 9.20. The predicted molar refractivity (Wildman–Crippen MR) is 104 cm³/mol. The topological polar surface area (TPSA) is 72.2 Å². The van der Waals surface area contributed by atoms with Crippen molar-refractivity contribution in [2.45, 2.75) is 36.0 Å². The van der Waals surface area contributed by atoms with Crippen LogP contribution in [0.1, 0.15) is 24.8 Å². The Morgan fingerprint density at radius 3 is 2.58 bits per heavy atom. The molecular weight excluding hydrogens is 344 g/mol. The van der Waals surface area contributed by atoms with E-state index >= 15 is 0 Å². The molecule has 4 rings (SSSR count). The molecule has 2 aromatic rings. The highest BCUT2D eigenvalue weighted by molar-refractivity contribution is 7.84. The van der Waals surface area contributed by atoms with Crippen molar-refractivity contribution in [1.82, 2.24) is 0 Å². The number of rotatable bonds is 5. The van der Waals surface area contributed by atoms with Gasteiger partial charge in [0, 0.05) is 16.6 Å². The first-order chi connectivity index (χ1) is 12.6. The fourth-order valence-electron chi connectivity index (χ4n) is 4.50. The molecule has 5 atom stereocenters. The zero-order valence-electron chi connectivity index (χ0n) is 14.6. The van der Waals surface area contributed by atoms with Gasteiger partial charge in [0.1, 0.15) is 0 Å². The van der Waals surface area contributed by atoms with E-state index in [1.54, 1.807) is 0 Å². The lowest BCUT2D eigenvalue weighted by Crippen LogP contribution is -2.42. The maximum atomic E-state index is 12.7. The summed E-state index contributed by atoms with van der Waals surface area (Å²) in [5.41, 5.74) is 7.98. The molecular formula is C21H24N2O2S. The van der Waals surface area contributed by atoms with E-state index in [-0.39, 0.29) is 17.9 Å². The molecule has 136 valence electrons. The first-order valence-corrected chi connectivity index (χ1v) is 10.5. The summed E-state index contributed by atoms with van der Waals surface area (Å²) in [5, 5.41) is 3.03. The minimum atomic E-state index is -1.10. The smallest absolute Gasteiger partial charge is 0.229 e. The quantitative estimate of drug-likeness (QED) is 0.850. The van der Waals surface area contributed by atoms with Gasteiger partial charge >= 0.3 is 0 Å². The highest BCUT2D eigenvalue weighted by Crippen LogP contribution is 2.47. The van der Waals surface area contributed by atoms with Crippen LogP contribution in [-0.4, -0.2) is 16.2 Å². The summed E-state index contributed by atoms with van der Waals surface area (Å²) in [6.07, 6.45) is 3.37. The molecule has 1 amide bonds. The zero-order chi connectivity index (χ0) is 18.1. The third-order valence-corrected chi connectivity index (χ3v) is 7.18. The second-order valence-corrected chi connectivity index (χ2v) is 8.88. The van der Waals surface area contributed by atoms with Crippen molar-refractivity contribution >= 4 is 22.4 Å². The molecule has 0 aromatic heterocycles. The molecule has 0 spiro atoms. The highest BCUT2D eigenvalue weighted by Gasteiger charge is 2.49. The van der Waals surface area contributed by atoms with Crippen molar-refractivity contribution in [3.8, 4) is 0 Å². The fraction of sp³-hybridized carbons (Fsp3) is 0.381.